The van der Waals surface area contributed by atoms with Gasteiger partial charge in [-0.3, -0.25) is 19.7 Å². The third-order valence-electron chi connectivity index (χ3n) is 6.06. The number of anilines is 1. The largest absolute Gasteiger partial charge is 0.455 e. The Bertz CT molecular complexity index is 1020. The van der Waals surface area contributed by atoms with E-state index in [-0.39, 0.29) is 18.4 Å². The molecule has 4 amide bonds. The molecule has 0 spiro atoms. The number of hydrogen-bond acceptors (Lipinski definition) is 6. The van der Waals surface area contributed by atoms with Gasteiger partial charge in [0.05, 0.1) is 12.0 Å². The summed E-state index contributed by atoms with van der Waals surface area (Å²) >= 11 is 1.46. The van der Waals surface area contributed by atoms with E-state index in [9.17, 15) is 19.2 Å². The van der Waals surface area contributed by atoms with Gasteiger partial charge < -0.3 is 15.0 Å². The van der Waals surface area contributed by atoms with Crippen LogP contribution in [-0.4, -0.2) is 36.5 Å². The van der Waals surface area contributed by atoms with Crippen molar-refractivity contribution < 1.29 is 23.9 Å². The van der Waals surface area contributed by atoms with Gasteiger partial charge in [-0.05, 0) is 43.3 Å². The minimum atomic E-state index is -0.752. The van der Waals surface area contributed by atoms with Gasteiger partial charge >= 0.3 is 12.0 Å². The maximum absolute atomic E-state index is 12.9. The SMILES string of the molecule is Cc1ccc(N2C(=O)C[C@H](C(=O)OCC(=O)NC(=O)NC3CCCC3)[C@H]2c2cccs2)cc1. The number of ether oxygens (including phenoxy) is 1. The first kappa shape index (κ1) is 23.0. The molecule has 2 heterocycles. The van der Waals surface area contributed by atoms with Crippen molar-refractivity contribution in [1.82, 2.24) is 10.6 Å². The predicted molar refractivity (Wildman–Crippen MR) is 124 cm³/mol. The summed E-state index contributed by atoms with van der Waals surface area (Å²) in [6.45, 7) is 1.38. The molecule has 2 aliphatic rings. The van der Waals surface area contributed by atoms with Crippen molar-refractivity contribution in [3.8, 4) is 0 Å². The van der Waals surface area contributed by atoms with E-state index < -0.39 is 36.5 Å². The van der Waals surface area contributed by atoms with Crippen LogP contribution in [0.4, 0.5) is 10.5 Å². The smallest absolute Gasteiger partial charge is 0.321 e. The number of benzene rings is 1. The molecule has 1 aliphatic heterocycles. The number of nitrogens with zero attached hydrogens (tertiary/aromatic N) is 1. The molecule has 1 aliphatic carbocycles. The average molecular weight is 470 g/mol. The van der Waals surface area contributed by atoms with E-state index in [1.54, 1.807) is 4.90 Å². The van der Waals surface area contributed by atoms with E-state index in [2.05, 4.69) is 10.6 Å². The van der Waals surface area contributed by atoms with E-state index >= 15 is 0 Å². The lowest BCUT2D eigenvalue weighted by Crippen LogP contribution is -2.45. The van der Waals surface area contributed by atoms with Crippen LogP contribution in [0.5, 0.6) is 0 Å². The van der Waals surface area contributed by atoms with Crippen LogP contribution < -0.4 is 15.5 Å². The van der Waals surface area contributed by atoms with Crippen molar-refractivity contribution >= 4 is 40.8 Å². The van der Waals surface area contributed by atoms with Gasteiger partial charge in [0, 0.05) is 23.0 Å². The van der Waals surface area contributed by atoms with Crippen molar-refractivity contribution in [2.75, 3.05) is 11.5 Å². The molecule has 174 valence electrons. The minimum Gasteiger partial charge on any atom is -0.455 e. The molecule has 1 aromatic heterocycles. The summed E-state index contributed by atoms with van der Waals surface area (Å²) in [6.07, 6.45) is 3.89. The Morgan fingerprint density at radius 3 is 2.52 bits per heavy atom. The van der Waals surface area contributed by atoms with Crippen LogP contribution in [0.25, 0.3) is 0 Å². The first-order chi connectivity index (χ1) is 15.9. The zero-order valence-electron chi connectivity index (χ0n) is 18.4. The maximum Gasteiger partial charge on any atom is 0.321 e. The fourth-order valence-corrected chi connectivity index (χ4v) is 5.32. The highest BCUT2D eigenvalue weighted by atomic mass is 32.1. The first-order valence-electron chi connectivity index (χ1n) is 11.1. The summed E-state index contributed by atoms with van der Waals surface area (Å²) in [6, 6.07) is 10.3. The van der Waals surface area contributed by atoms with Crippen molar-refractivity contribution in [1.29, 1.82) is 0 Å². The van der Waals surface area contributed by atoms with Crippen molar-refractivity contribution in [2.45, 2.75) is 51.1 Å². The van der Waals surface area contributed by atoms with Crippen LogP contribution in [0.1, 0.15) is 48.6 Å². The molecule has 1 saturated carbocycles. The average Bonchev–Trinajstić information content (AvgIpc) is 3.54. The predicted octanol–water partition coefficient (Wildman–Crippen LogP) is 3.46. The molecule has 0 radical (unpaired) electrons. The molecule has 1 aromatic carbocycles. The number of rotatable bonds is 6. The van der Waals surface area contributed by atoms with E-state index in [0.29, 0.717) is 5.69 Å². The van der Waals surface area contributed by atoms with E-state index in [1.165, 1.54) is 11.3 Å². The van der Waals surface area contributed by atoms with Gasteiger partial charge in [-0.25, -0.2) is 4.79 Å². The Morgan fingerprint density at radius 2 is 1.85 bits per heavy atom. The fraction of sp³-hybridized carbons (Fsp3) is 0.417. The zero-order valence-corrected chi connectivity index (χ0v) is 19.2. The van der Waals surface area contributed by atoms with Gasteiger partial charge in [-0.15, -0.1) is 11.3 Å². The van der Waals surface area contributed by atoms with Crippen molar-refractivity contribution in [3.05, 3.63) is 52.2 Å². The lowest BCUT2D eigenvalue weighted by Gasteiger charge is -2.27. The number of aryl methyl sites for hydroxylation is 1. The summed E-state index contributed by atoms with van der Waals surface area (Å²) in [5, 5.41) is 6.84. The van der Waals surface area contributed by atoms with Crippen molar-refractivity contribution in [2.24, 2.45) is 5.92 Å². The van der Waals surface area contributed by atoms with Crippen LogP contribution in [0.2, 0.25) is 0 Å². The molecule has 2 N–H and O–H groups in total. The third-order valence-corrected chi connectivity index (χ3v) is 7.00. The maximum atomic E-state index is 12.9. The number of carbonyl (C=O) groups is 4. The summed E-state index contributed by atoms with van der Waals surface area (Å²) < 4.78 is 5.23. The second-order valence-electron chi connectivity index (χ2n) is 8.48. The molecule has 9 heteroatoms. The number of carbonyl (C=O) groups excluding carboxylic acids is 4. The van der Waals surface area contributed by atoms with Gasteiger partial charge in [0.1, 0.15) is 0 Å². The number of urea groups is 1. The first-order valence-corrected chi connectivity index (χ1v) is 12.0. The van der Waals surface area contributed by atoms with Crippen LogP contribution in [0.3, 0.4) is 0 Å². The highest BCUT2D eigenvalue weighted by molar-refractivity contribution is 7.10. The molecule has 0 unspecified atom stereocenters. The Hall–Kier alpha value is -3.20. The van der Waals surface area contributed by atoms with Gasteiger partial charge in [-0.2, -0.15) is 0 Å². The van der Waals surface area contributed by atoms with E-state index in [0.717, 1.165) is 36.1 Å². The third kappa shape index (κ3) is 5.42. The Labute approximate surface area is 196 Å². The number of amides is 4. The summed E-state index contributed by atoms with van der Waals surface area (Å²) in [5.41, 5.74) is 1.78. The second-order valence-corrected chi connectivity index (χ2v) is 9.46. The Balaban J connectivity index is 1.40. The topological polar surface area (TPSA) is 105 Å². The van der Waals surface area contributed by atoms with E-state index in [1.807, 2.05) is 48.7 Å². The summed E-state index contributed by atoms with van der Waals surface area (Å²) in [4.78, 5) is 52.4. The molecule has 8 nitrogen and oxygen atoms in total. The number of hydrogen-bond donors (Lipinski definition) is 2. The lowest BCUT2D eigenvalue weighted by molar-refractivity contribution is -0.152. The standard InChI is InChI=1S/C24H27N3O5S/c1-15-8-10-17(11-9-15)27-21(29)13-18(22(27)19-7-4-12-33-19)23(30)32-14-20(28)26-24(31)25-16-5-2-3-6-16/h4,7-12,16,18,22H,2-3,5-6,13-14H2,1H3,(H2,25,26,28,31)/t18-,22-/m0/s1. The number of esters is 1. The molecule has 1 saturated heterocycles. The summed E-state index contributed by atoms with van der Waals surface area (Å²) in [7, 11) is 0. The van der Waals surface area contributed by atoms with Crippen LogP contribution in [0.15, 0.2) is 41.8 Å². The van der Waals surface area contributed by atoms with Crippen LogP contribution in [0, 0.1) is 12.8 Å². The van der Waals surface area contributed by atoms with Crippen molar-refractivity contribution in [3.63, 3.8) is 0 Å². The molecular formula is C24H27N3O5S. The zero-order chi connectivity index (χ0) is 23.4. The van der Waals surface area contributed by atoms with Gasteiger partial charge in [0.2, 0.25) is 5.91 Å². The Morgan fingerprint density at radius 1 is 1.12 bits per heavy atom. The van der Waals surface area contributed by atoms with Gasteiger partial charge in [0.25, 0.3) is 5.91 Å². The molecular weight excluding hydrogens is 442 g/mol. The van der Waals surface area contributed by atoms with Gasteiger partial charge in [-0.1, -0.05) is 36.6 Å². The highest BCUT2D eigenvalue weighted by Gasteiger charge is 2.46. The Kier molecular flexibility index (Phi) is 7.08. The van der Waals surface area contributed by atoms with Crippen LogP contribution in [-0.2, 0) is 19.1 Å². The molecule has 2 fully saturated rings. The fourth-order valence-electron chi connectivity index (χ4n) is 4.44. The lowest BCUT2D eigenvalue weighted by atomic mass is 9.99. The second kappa shape index (κ2) is 10.2. The molecule has 4 rings (SSSR count). The quantitative estimate of drug-likeness (QED) is 0.631. The minimum absolute atomic E-state index is 0.0148. The summed E-state index contributed by atoms with van der Waals surface area (Å²) in [5.74, 6) is -2.27. The van der Waals surface area contributed by atoms with E-state index in [4.69, 9.17) is 4.74 Å². The normalized spacial score (nSPS) is 20.6. The number of nitrogens with one attached hydrogen (secondary N) is 2. The van der Waals surface area contributed by atoms with Crippen LogP contribution >= 0.6 is 11.3 Å². The van der Waals surface area contributed by atoms with Gasteiger partial charge in [0.15, 0.2) is 6.61 Å². The molecule has 2 aromatic rings. The molecule has 0 bridgehead atoms. The highest BCUT2D eigenvalue weighted by Crippen LogP contribution is 2.43. The molecule has 33 heavy (non-hydrogen) atoms. The number of thiophene rings is 1. The monoisotopic (exact) mass is 469 g/mol. The molecule has 2 atom stereocenters. The number of imide groups is 1.